The van der Waals surface area contributed by atoms with Gasteiger partial charge in [0, 0.05) is 0 Å². The molecule has 0 saturated heterocycles. The summed E-state index contributed by atoms with van der Waals surface area (Å²) >= 11 is 0. The third-order valence-electron chi connectivity index (χ3n) is 3.43. The van der Waals surface area contributed by atoms with Gasteiger partial charge in [0.25, 0.3) is 0 Å². The summed E-state index contributed by atoms with van der Waals surface area (Å²) in [5.74, 6) is 0.583. The molecular formula is C17H19FO2. The average molecular weight is 274 g/mol. The number of hydrogen-bond acceptors (Lipinski definition) is 2. The number of halogens is 1. The van der Waals surface area contributed by atoms with Gasteiger partial charge < -0.3 is 9.84 Å². The maximum absolute atomic E-state index is 13.2. The van der Waals surface area contributed by atoms with E-state index in [0.717, 1.165) is 23.3 Å². The molecule has 0 radical (unpaired) electrons. The minimum Gasteiger partial charge on any atom is -0.497 e. The fraction of sp³-hybridized carbons (Fsp3) is 0.294. The maximum Gasteiger partial charge on any atom is 0.126 e. The van der Waals surface area contributed by atoms with Crippen LogP contribution in [-0.4, -0.2) is 12.2 Å². The van der Waals surface area contributed by atoms with Crippen molar-refractivity contribution in [3.63, 3.8) is 0 Å². The molecule has 106 valence electrons. The summed E-state index contributed by atoms with van der Waals surface area (Å²) in [6.45, 7) is 1.70. The number of ether oxygens (including phenoxy) is 1. The van der Waals surface area contributed by atoms with Crippen LogP contribution in [0.2, 0.25) is 0 Å². The number of hydrogen-bond donors (Lipinski definition) is 1. The SMILES string of the molecule is COc1ccc(CCC(O)c2ccc(F)c(C)c2)cc1. The molecule has 0 aliphatic rings. The number of rotatable bonds is 5. The van der Waals surface area contributed by atoms with Crippen molar-refractivity contribution in [2.75, 3.05) is 7.11 Å². The van der Waals surface area contributed by atoms with Crippen LogP contribution in [0.25, 0.3) is 0 Å². The first-order valence-electron chi connectivity index (χ1n) is 6.67. The van der Waals surface area contributed by atoms with Gasteiger partial charge in [-0.2, -0.15) is 0 Å². The van der Waals surface area contributed by atoms with Crippen molar-refractivity contribution in [1.82, 2.24) is 0 Å². The summed E-state index contributed by atoms with van der Waals surface area (Å²) in [4.78, 5) is 0. The van der Waals surface area contributed by atoms with Crippen molar-refractivity contribution in [3.05, 3.63) is 65.0 Å². The molecule has 2 nitrogen and oxygen atoms in total. The van der Waals surface area contributed by atoms with Crippen LogP contribution in [0.3, 0.4) is 0 Å². The summed E-state index contributed by atoms with van der Waals surface area (Å²) in [7, 11) is 1.63. The van der Waals surface area contributed by atoms with Crippen molar-refractivity contribution in [1.29, 1.82) is 0 Å². The lowest BCUT2D eigenvalue weighted by Gasteiger charge is -2.12. The Labute approximate surface area is 118 Å². The quantitative estimate of drug-likeness (QED) is 0.898. The zero-order valence-electron chi connectivity index (χ0n) is 11.8. The molecule has 0 spiro atoms. The second kappa shape index (κ2) is 6.53. The second-order valence-corrected chi connectivity index (χ2v) is 4.91. The largest absolute Gasteiger partial charge is 0.497 e. The number of methoxy groups -OCH3 is 1. The smallest absolute Gasteiger partial charge is 0.126 e. The molecule has 1 N–H and O–H groups in total. The van der Waals surface area contributed by atoms with Crippen LogP contribution >= 0.6 is 0 Å². The van der Waals surface area contributed by atoms with Crippen LogP contribution < -0.4 is 4.74 Å². The zero-order chi connectivity index (χ0) is 14.5. The molecule has 0 bridgehead atoms. The molecule has 0 heterocycles. The van der Waals surface area contributed by atoms with Crippen LogP contribution in [0, 0.1) is 12.7 Å². The van der Waals surface area contributed by atoms with Gasteiger partial charge in [-0.3, -0.25) is 0 Å². The number of benzene rings is 2. The van der Waals surface area contributed by atoms with Crippen molar-refractivity contribution in [2.24, 2.45) is 0 Å². The molecule has 0 aromatic heterocycles. The van der Waals surface area contributed by atoms with Crippen molar-refractivity contribution < 1.29 is 14.2 Å². The molecular weight excluding hydrogens is 255 g/mol. The lowest BCUT2D eigenvalue weighted by atomic mass is 10.00. The Morgan fingerprint density at radius 2 is 1.85 bits per heavy atom. The lowest BCUT2D eigenvalue weighted by Crippen LogP contribution is -2.01. The van der Waals surface area contributed by atoms with Crippen molar-refractivity contribution in [2.45, 2.75) is 25.9 Å². The van der Waals surface area contributed by atoms with Crippen molar-refractivity contribution in [3.8, 4) is 5.75 Å². The maximum atomic E-state index is 13.2. The van der Waals surface area contributed by atoms with E-state index < -0.39 is 6.10 Å². The van der Waals surface area contributed by atoms with Crippen LogP contribution in [0.5, 0.6) is 5.75 Å². The summed E-state index contributed by atoms with van der Waals surface area (Å²) in [6, 6.07) is 12.5. The Kier molecular flexibility index (Phi) is 4.74. The summed E-state index contributed by atoms with van der Waals surface area (Å²) < 4.78 is 18.3. The zero-order valence-corrected chi connectivity index (χ0v) is 11.8. The predicted octanol–water partition coefficient (Wildman–Crippen LogP) is 3.81. The van der Waals surface area contributed by atoms with E-state index in [-0.39, 0.29) is 5.82 Å². The van der Waals surface area contributed by atoms with E-state index in [1.807, 2.05) is 24.3 Å². The number of aliphatic hydroxyl groups is 1. The third kappa shape index (κ3) is 3.58. The first-order valence-corrected chi connectivity index (χ1v) is 6.67. The van der Waals surface area contributed by atoms with Gasteiger partial charge >= 0.3 is 0 Å². The fourth-order valence-electron chi connectivity index (χ4n) is 2.14. The molecule has 0 fully saturated rings. The lowest BCUT2D eigenvalue weighted by molar-refractivity contribution is 0.167. The molecule has 0 amide bonds. The highest BCUT2D eigenvalue weighted by Gasteiger charge is 2.09. The van der Waals surface area contributed by atoms with Crippen LogP contribution in [-0.2, 0) is 6.42 Å². The standard InChI is InChI=1S/C17H19FO2/c1-12-11-14(6-9-16(12)18)17(19)10-5-13-3-7-15(20-2)8-4-13/h3-4,6-9,11,17,19H,5,10H2,1-2H3. The summed E-state index contributed by atoms with van der Waals surface area (Å²) in [5, 5.41) is 10.2. The predicted molar refractivity (Wildman–Crippen MR) is 77.4 cm³/mol. The van der Waals surface area contributed by atoms with Gasteiger partial charge in [-0.1, -0.05) is 24.3 Å². The Morgan fingerprint density at radius 1 is 1.15 bits per heavy atom. The van der Waals surface area contributed by atoms with E-state index in [0.29, 0.717) is 12.0 Å². The molecule has 20 heavy (non-hydrogen) atoms. The van der Waals surface area contributed by atoms with Gasteiger partial charge in [-0.05, 0) is 54.7 Å². The minimum atomic E-state index is -0.573. The molecule has 1 atom stereocenters. The monoisotopic (exact) mass is 274 g/mol. The Balaban J connectivity index is 1.96. The topological polar surface area (TPSA) is 29.5 Å². The van der Waals surface area contributed by atoms with E-state index in [2.05, 4.69) is 0 Å². The Morgan fingerprint density at radius 3 is 2.45 bits per heavy atom. The summed E-state index contributed by atoms with van der Waals surface area (Å²) in [5.41, 5.74) is 2.46. The molecule has 2 aromatic carbocycles. The highest BCUT2D eigenvalue weighted by atomic mass is 19.1. The summed E-state index contributed by atoms with van der Waals surface area (Å²) in [6.07, 6.45) is 0.801. The fourth-order valence-corrected chi connectivity index (χ4v) is 2.14. The molecule has 2 aromatic rings. The Hall–Kier alpha value is -1.87. The number of aryl methyl sites for hydroxylation is 2. The van der Waals surface area contributed by atoms with Gasteiger partial charge in [0.15, 0.2) is 0 Å². The molecule has 3 heteroatoms. The van der Waals surface area contributed by atoms with Crippen molar-refractivity contribution >= 4 is 0 Å². The van der Waals surface area contributed by atoms with Gasteiger partial charge in [-0.25, -0.2) is 4.39 Å². The van der Waals surface area contributed by atoms with E-state index in [9.17, 15) is 9.50 Å². The average Bonchev–Trinajstić information content (AvgIpc) is 2.48. The van der Waals surface area contributed by atoms with Gasteiger partial charge in [-0.15, -0.1) is 0 Å². The molecule has 0 aliphatic carbocycles. The highest BCUT2D eigenvalue weighted by Crippen LogP contribution is 2.22. The molecule has 2 rings (SSSR count). The van der Waals surface area contributed by atoms with Gasteiger partial charge in [0.1, 0.15) is 11.6 Å². The minimum absolute atomic E-state index is 0.240. The molecule has 1 unspecified atom stereocenters. The van der Waals surface area contributed by atoms with E-state index in [1.165, 1.54) is 6.07 Å². The van der Waals surface area contributed by atoms with E-state index >= 15 is 0 Å². The van der Waals surface area contributed by atoms with Gasteiger partial charge in [0.05, 0.1) is 13.2 Å². The first-order chi connectivity index (χ1) is 9.60. The van der Waals surface area contributed by atoms with E-state index in [1.54, 1.807) is 26.2 Å². The molecule has 0 saturated carbocycles. The van der Waals surface area contributed by atoms with Crippen LogP contribution in [0.4, 0.5) is 4.39 Å². The first kappa shape index (κ1) is 14.5. The van der Waals surface area contributed by atoms with Crippen LogP contribution in [0.15, 0.2) is 42.5 Å². The van der Waals surface area contributed by atoms with Crippen LogP contribution in [0.1, 0.15) is 29.2 Å². The third-order valence-corrected chi connectivity index (χ3v) is 3.43. The van der Waals surface area contributed by atoms with Gasteiger partial charge in [0.2, 0.25) is 0 Å². The Bertz CT molecular complexity index is 564. The normalized spacial score (nSPS) is 12.2. The van der Waals surface area contributed by atoms with E-state index in [4.69, 9.17) is 4.74 Å². The second-order valence-electron chi connectivity index (χ2n) is 4.91. The molecule has 0 aliphatic heterocycles. The number of aliphatic hydroxyl groups excluding tert-OH is 1. The highest BCUT2D eigenvalue weighted by molar-refractivity contribution is 5.28.